The predicted octanol–water partition coefficient (Wildman–Crippen LogP) is 3.90. The Morgan fingerprint density at radius 3 is 2.71 bits per heavy atom. The fourth-order valence-electron chi connectivity index (χ4n) is 2.53. The molecule has 1 N–H and O–H groups in total. The van der Waals surface area contributed by atoms with E-state index in [1.54, 1.807) is 12.1 Å². The van der Waals surface area contributed by atoms with Crippen LogP contribution in [0.25, 0.3) is 0 Å². The van der Waals surface area contributed by atoms with Gasteiger partial charge in [0.25, 0.3) is 0 Å². The molecule has 0 saturated heterocycles. The van der Waals surface area contributed by atoms with Gasteiger partial charge in [-0.3, -0.25) is 4.68 Å². The van der Waals surface area contributed by atoms with Gasteiger partial charge in [0, 0.05) is 11.6 Å². The average molecular weight is 310 g/mol. The highest BCUT2D eigenvalue weighted by molar-refractivity contribution is 6.30. The molecule has 114 valence electrons. The van der Waals surface area contributed by atoms with E-state index in [2.05, 4.69) is 23.4 Å². The molecule has 0 aliphatic rings. The van der Waals surface area contributed by atoms with E-state index in [1.807, 2.05) is 18.5 Å². The van der Waals surface area contributed by atoms with E-state index in [0.29, 0.717) is 17.0 Å². The van der Waals surface area contributed by atoms with Gasteiger partial charge in [-0.15, -0.1) is 0 Å². The third-order valence-corrected chi connectivity index (χ3v) is 3.71. The van der Waals surface area contributed by atoms with Crippen LogP contribution in [0.4, 0.5) is 4.39 Å². The summed E-state index contributed by atoms with van der Waals surface area (Å²) in [6, 6.07) is 6.94. The molecule has 1 heterocycles. The third kappa shape index (κ3) is 3.83. The van der Waals surface area contributed by atoms with E-state index in [4.69, 9.17) is 11.6 Å². The maximum atomic E-state index is 14.0. The molecule has 5 heteroatoms. The number of nitrogens with one attached hydrogen (secondary N) is 1. The van der Waals surface area contributed by atoms with Gasteiger partial charge in [-0.1, -0.05) is 24.6 Å². The highest BCUT2D eigenvalue weighted by atomic mass is 35.5. The highest BCUT2D eigenvalue weighted by Crippen LogP contribution is 2.23. The predicted molar refractivity (Wildman–Crippen MR) is 84.2 cm³/mol. The third-order valence-electron chi connectivity index (χ3n) is 3.48. The van der Waals surface area contributed by atoms with Crippen LogP contribution >= 0.6 is 11.6 Å². The van der Waals surface area contributed by atoms with Crippen molar-refractivity contribution in [2.24, 2.45) is 0 Å². The van der Waals surface area contributed by atoms with Crippen molar-refractivity contribution in [2.75, 3.05) is 6.54 Å². The van der Waals surface area contributed by atoms with Crippen LogP contribution in [0.5, 0.6) is 0 Å². The monoisotopic (exact) mass is 309 g/mol. The molecule has 2 rings (SSSR count). The molecular formula is C16H21ClFN3. The zero-order valence-corrected chi connectivity index (χ0v) is 13.4. The lowest BCUT2D eigenvalue weighted by molar-refractivity contribution is 0.480. The van der Waals surface area contributed by atoms with Gasteiger partial charge in [0.05, 0.1) is 17.4 Å². The fraction of sp³-hybridized carbons (Fsp3) is 0.438. The Morgan fingerprint density at radius 1 is 1.33 bits per heavy atom. The number of aromatic nitrogens is 2. The molecule has 0 saturated carbocycles. The van der Waals surface area contributed by atoms with Crippen molar-refractivity contribution in [3.63, 3.8) is 0 Å². The van der Waals surface area contributed by atoms with Gasteiger partial charge < -0.3 is 5.32 Å². The lowest BCUT2D eigenvalue weighted by atomic mass is 10.0. The number of aryl methyl sites for hydroxylation is 2. The zero-order chi connectivity index (χ0) is 15.4. The minimum absolute atomic E-state index is 0.0341. The zero-order valence-electron chi connectivity index (χ0n) is 12.7. The number of benzene rings is 1. The lowest BCUT2D eigenvalue weighted by Gasteiger charge is -2.19. The van der Waals surface area contributed by atoms with Crippen LogP contribution in [0, 0.1) is 12.7 Å². The van der Waals surface area contributed by atoms with Crippen molar-refractivity contribution in [1.82, 2.24) is 15.1 Å². The molecule has 1 atom stereocenters. The van der Waals surface area contributed by atoms with Gasteiger partial charge in [0.2, 0.25) is 0 Å². The summed E-state index contributed by atoms with van der Waals surface area (Å²) >= 11 is 5.81. The first-order valence-corrected chi connectivity index (χ1v) is 7.64. The molecule has 0 fully saturated rings. The van der Waals surface area contributed by atoms with Gasteiger partial charge >= 0.3 is 0 Å². The van der Waals surface area contributed by atoms with Crippen LogP contribution in [0.3, 0.4) is 0 Å². The Kier molecular flexibility index (Phi) is 5.37. The van der Waals surface area contributed by atoms with Crippen molar-refractivity contribution in [1.29, 1.82) is 0 Å². The second-order valence-corrected chi connectivity index (χ2v) is 5.51. The quantitative estimate of drug-likeness (QED) is 0.877. The smallest absolute Gasteiger partial charge is 0.127 e. The maximum absolute atomic E-state index is 14.0. The largest absolute Gasteiger partial charge is 0.309 e. The lowest BCUT2D eigenvalue weighted by Crippen LogP contribution is -2.26. The summed E-state index contributed by atoms with van der Waals surface area (Å²) in [6.45, 7) is 7.69. The fourth-order valence-corrected chi connectivity index (χ4v) is 2.69. The SMILES string of the molecule is CCNC(Cc1ccc(Cl)cc1F)c1cc(C)nn1CC. The molecule has 21 heavy (non-hydrogen) atoms. The van der Waals surface area contributed by atoms with E-state index >= 15 is 0 Å². The van der Waals surface area contributed by atoms with Crippen molar-refractivity contribution < 1.29 is 4.39 Å². The number of nitrogens with zero attached hydrogens (tertiary/aromatic N) is 2. The second kappa shape index (κ2) is 7.05. The van der Waals surface area contributed by atoms with Crippen molar-refractivity contribution in [3.8, 4) is 0 Å². The van der Waals surface area contributed by atoms with Crippen molar-refractivity contribution >= 4 is 11.6 Å². The van der Waals surface area contributed by atoms with E-state index in [1.165, 1.54) is 6.07 Å². The van der Waals surface area contributed by atoms with Gasteiger partial charge in [-0.05, 0) is 50.6 Å². The van der Waals surface area contributed by atoms with Crippen LogP contribution in [0.2, 0.25) is 5.02 Å². The van der Waals surface area contributed by atoms with Gasteiger partial charge in [-0.2, -0.15) is 5.10 Å². The van der Waals surface area contributed by atoms with Gasteiger partial charge in [0.1, 0.15) is 5.82 Å². The molecule has 0 radical (unpaired) electrons. The standard InChI is InChI=1S/C16H21ClFN3/c1-4-19-15(16-8-11(3)20-21(16)5-2)9-12-6-7-13(17)10-14(12)18/h6-8,10,15,19H,4-5,9H2,1-3H3. The van der Waals surface area contributed by atoms with E-state index in [0.717, 1.165) is 24.5 Å². The Hall–Kier alpha value is -1.39. The summed E-state index contributed by atoms with van der Waals surface area (Å²) in [5.74, 6) is -0.260. The summed E-state index contributed by atoms with van der Waals surface area (Å²) in [4.78, 5) is 0. The molecule has 0 aliphatic carbocycles. The minimum atomic E-state index is -0.260. The molecule has 0 bridgehead atoms. The van der Waals surface area contributed by atoms with Crippen molar-refractivity contribution in [3.05, 3.63) is 52.1 Å². The molecule has 1 aromatic heterocycles. The molecule has 0 amide bonds. The first-order valence-electron chi connectivity index (χ1n) is 7.26. The first kappa shape index (κ1) is 16.0. The molecule has 1 unspecified atom stereocenters. The molecule has 0 aliphatic heterocycles. The summed E-state index contributed by atoms with van der Waals surface area (Å²) in [5.41, 5.74) is 2.73. The van der Waals surface area contributed by atoms with Crippen LogP contribution < -0.4 is 5.32 Å². The molecule has 1 aromatic carbocycles. The average Bonchev–Trinajstić information content (AvgIpc) is 2.82. The number of halogens is 2. The van der Waals surface area contributed by atoms with Crippen LogP contribution in [-0.2, 0) is 13.0 Å². The number of hydrogen-bond acceptors (Lipinski definition) is 2. The molecule has 2 aromatic rings. The number of rotatable bonds is 6. The van der Waals surface area contributed by atoms with E-state index in [-0.39, 0.29) is 11.9 Å². The number of likely N-dealkylation sites (N-methyl/N-ethyl adjacent to an activating group) is 1. The normalized spacial score (nSPS) is 12.6. The van der Waals surface area contributed by atoms with Crippen LogP contribution in [0.1, 0.15) is 36.8 Å². The Labute approximate surface area is 130 Å². The maximum Gasteiger partial charge on any atom is 0.127 e. The Morgan fingerprint density at radius 2 is 2.10 bits per heavy atom. The van der Waals surface area contributed by atoms with E-state index in [9.17, 15) is 4.39 Å². The summed E-state index contributed by atoms with van der Waals surface area (Å²) in [5, 5.41) is 8.31. The van der Waals surface area contributed by atoms with Crippen LogP contribution in [0.15, 0.2) is 24.3 Å². The molecule has 0 spiro atoms. The first-order chi connectivity index (χ1) is 10.0. The van der Waals surface area contributed by atoms with Crippen molar-refractivity contribution in [2.45, 2.75) is 39.8 Å². The highest BCUT2D eigenvalue weighted by Gasteiger charge is 2.18. The minimum Gasteiger partial charge on any atom is -0.309 e. The van der Waals surface area contributed by atoms with Gasteiger partial charge in [0.15, 0.2) is 0 Å². The van der Waals surface area contributed by atoms with Gasteiger partial charge in [-0.25, -0.2) is 4.39 Å². The Bertz CT molecular complexity index is 610. The summed E-state index contributed by atoms with van der Waals surface area (Å²) in [7, 11) is 0. The number of hydrogen-bond donors (Lipinski definition) is 1. The topological polar surface area (TPSA) is 29.9 Å². The molecule has 3 nitrogen and oxygen atoms in total. The Balaban J connectivity index is 2.30. The van der Waals surface area contributed by atoms with Crippen LogP contribution in [-0.4, -0.2) is 16.3 Å². The van der Waals surface area contributed by atoms with E-state index < -0.39 is 0 Å². The molecular weight excluding hydrogens is 289 g/mol. The second-order valence-electron chi connectivity index (χ2n) is 5.08. The summed E-state index contributed by atoms with van der Waals surface area (Å²) < 4.78 is 16.0. The summed E-state index contributed by atoms with van der Waals surface area (Å²) in [6.07, 6.45) is 0.571.